The number of methoxy groups -OCH3 is 1. The van der Waals surface area contributed by atoms with Crippen molar-refractivity contribution >= 4 is 46.6 Å². The highest BCUT2D eigenvalue weighted by molar-refractivity contribution is 7.99. The second kappa shape index (κ2) is 11.6. The van der Waals surface area contributed by atoms with E-state index in [0.717, 1.165) is 22.6 Å². The molecule has 0 radical (unpaired) electrons. The van der Waals surface area contributed by atoms with Gasteiger partial charge in [-0.3, -0.25) is 9.36 Å². The Kier molecular flexibility index (Phi) is 8.30. The van der Waals surface area contributed by atoms with Crippen LogP contribution in [-0.4, -0.2) is 39.2 Å². The number of nitrogens with one attached hydrogen (secondary N) is 1. The molecule has 0 saturated heterocycles. The number of nitrogens with zero attached hydrogens (tertiary/aromatic N) is 4. The number of thioether (sulfide) groups is 1. The van der Waals surface area contributed by atoms with Gasteiger partial charge in [-0.25, -0.2) is 5.43 Å². The van der Waals surface area contributed by atoms with Gasteiger partial charge in [0.2, 0.25) is 0 Å². The van der Waals surface area contributed by atoms with E-state index in [1.54, 1.807) is 32.2 Å². The van der Waals surface area contributed by atoms with E-state index in [-0.39, 0.29) is 11.7 Å². The third-order valence-electron chi connectivity index (χ3n) is 5.28. The minimum Gasteiger partial charge on any atom is -0.497 e. The predicted molar refractivity (Wildman–Crippen MR) is 146 cm³/mol. The highest BCUT2D eigenvalue weighted by Crippen LogP contribution is 2.29. The summed E-state index contributed by atoms with van der Waals surface area (Å²) >= 11 is 13.4. The molecule has 0 aliphatic rings. The maximum Gasteiger partial charge on any atom is 0.250 e. The van der Waals surface area contributed by atoms with Crippen LogP contribution in [0.25, 0.3) is 17.1 Å². The van der Waals surface area contributed by atoms with Crippen LogP contribution in [0.3, 0.4) is 0 Å². The van der Waals surface area contributed by atoms with Gasteiger partial charge in [0, 0.05) is 21.8 Å². The minimum absolute atomic E-state index is 0.0906. The summed E-state index contributed by atoms with van der Waals surface area (Å²) in [6, 6.07) is 20.7. The van der Waals surface area contributed by atoms with Crippen molar-refractivity contribution in [2.45, 2.75) is 19.0 Å². The van der Waals surface area contributed by atoms with Crippen molar-refractivity contribution in [3.63, 3.8) is 0 Å². The Bertz CT molecular complexity index is 1400. The molecule has 0 atom stereocenters. The van der Waals surface area contributed by atoms with Crippen LogP contribution in [0.4, 0.5) is 0 Å². The molecule has 7 nitrogen and oxygen atoms in total. The maximum atomic E-state index is 12.6. The van der Waals surface area contributed by atoms with Gasteiger partial charge in [0.25, 0.3) is 5.91 Å². The Morgan fingerprint density at radius 3 is 2.44 bits per heavy atom. The highest BCUT2D eigenvalue weighted by atomic mass is 35.5. The average molecular weight is 540 g/mol. The number of carbonyl (C=O) groups excluding carboxylic acids is 1. The average Bonchev–Trinajstić information content (AvgIpc) is 3.30. The molecule has 4 aromatic rings. The van der Waals surface area contributed by atoms with E-state index in [2.05, 4.69) is 20.7 Å². The summed E-state index contributed by atoms with van der Waals surface area (Å²) in [7, 11) is 1.62. The van der Waals surface area contributed by atoms with E-state index in [1.165, 1.54) is 11.8 Å². The second-order valence-corrected chi connectivity index (χ2v) is 9.64. The zero-order chi connectivity index (χ0) is 25.7. The maximum absolute atomic E-state index is 12.6. The molecular weight excluding hydrogens is 517 g/mol. The number of hydrazone groups is 1. The zero-order valence-corrected chi connectivity index (χ0v) is 22.2. The van der Waals surface area contributed by atoms with E-state index < -0.39 is 0 Å². The van der Waals surface area contributed by atoms with E-state index in [0.29, 0.717) is 32.3 Å². The fraction of sp³-hybridized carbons (Fsp3) is 0.154. The Hall–Kier alpha value is -3.33. The van der Waals surface area contributed by atoms with Crippen molar-refractivity contribution < 1.29 is 9.53 Å². The normalized spacial score (nSPS) is 11.4. The summed E-state index contributed by atoms with van der Waals surface area (Å²) in [5, 5.41) is 14.5. The molecule has 0 spiro atoms. The molecule has 1 heterocycles. The summed E-state index contributed by atoms with van der Waals surface area (Å²) in [5.74, 6) is 1.22. The van der Waals surface area contributed by atoms with E-state index in [9.17, 15) is 4.79 Å². The molecule has 0 saturated carbocycles. The molecule has 0 fully saturated rings. The number of ether oxygens (including phenoxy) is 1. The monoisotopic (exact) mass is 539 g/mol. The van der Waals surface area contributed by atoms with Gasteiger partial charge in [-0.05, 0) is 50.2 Å². The number of aromatic nitrogens is 3. The van der Waals surface area contributed by atoms with Crippen molar-refractivity contribution in [1.29, 1.82) is 0 Å². The first kappa shape index (κ1) is 25.8. The van der Waals surface area contributed by atoms with Crippen LogP contribution in [0.2, 0.25) is 10.0 Å². The van der Waals surface area contributed by atoms with Gasteiger partial charge in [-0.15, -0.1) is 10.2 Å². The topological polar surface area (TPSA) is 81.4 Å². The SMILES string of the molecule is COc1ccc(-n2c(SCC(=O)NN=C(C)c3ccc(Cl)cc3Cl)nnc2-c2ccc(C)cc2)cc1. The first-order valence-corrected chi connectivity index (χ1v) is 12.7. The quantitative estimate of drug-likeness (QED) is 0.164. The van der Waals surface area contributed by atoms with Gasteiger partial charge in [0.05, 0.1) is 23.6 Å². The van der Waals surface area contributed by atoms with Crippen LogP contribution >= 0.6 is 35.0 Å². The number of hydrogen-bond acceptors (Lipinski definition) is 6. The van der Waals surface area contributed by atoms with Gasteiger partial charge in [-0.1, -0.05) is 70.9 Å². The Labute approximate surface area is 223 Å². The third-order valence-corrected chi connectivity index (χ3v) is 6.75. The zero-order valence-electron chi connectivity index (χ0n) is 19.8. The molecule has 36 heavy (non-hydrogen) atoms. The number of rotatable bonds is 8. The fourth-order valence-electron chi connectivity index (χ4n) is 3.37. The van der Waals surface area contributed by atoms with E-state index >= 15 is 0 Å². The van der Waals surface area contributed by atoms with Gasteiger partial charge in [0.15, 0.2) is 11.0 Å². The van der Waals surface area contributed by atoms with Crippen LogP contribution in [0.1, 0.15) is 18.1 Å². The second-order valence-electron chi connectivity index (χ2n) is 7.85. The molecule has 10 heteroatoms. The lowest BCUT2D eigenvalue weighted by molar-refractivity contribution is -0.118. The lowest BCUT2D eigenvalue weighted by Gasteiger charge is -2.11. The smallest absolute Gasteiger partial charge is 0.250 e. The fourth-order valence-corrected chi connectivity index (χ4v) is 4.66. The number of hydrogen-bond donors (Lipinski definition) is 1. The van der Waals surface area contributed by atoms with E-state index in [4.69, 9.17) is 27.9 Å². The molecule has 0 unspecified atom stereocenters. The molecular formula is C26H23Cl2N5O2S. The van der Waals surface area contributed by atoms with Crippen molar-refractivity contribution in [3.05, 3.63) is 87.9 Å². The third kappa shape index (κ3) is 6.07. The van der Waals surface area contributed by atoms with Gasteiger partial charge >= 0.3 is 0 Å². The summed E-state index contributed by atoms with van der Waals surface area (Å²) in [6.45, 7) is 3.79. The van der Waals surface area contributed by atoms with E-state index in [1.807, 2.05) is 60.0 Å². The standard InChI is InChI=1S/C26H23Cl2N5O2S/c1-16-4-6-18(7-5-16)25-31-32-26(33(25)20-9-11-21(35-3)12-10-20)36-15-24(34)30-29-17(2)22-13-8-19(27)14-23(22)28/h4-14H,15H2,1-3H3,(H,30,34). The van der Waals surface area contributed by atoms with Crippen molar-refractivity contribution in [1.82, 2.24) is 20.2 Å². The van der Waals surface area contributed by atoms with Crippen LogP contribution in [0.15, 0.2) is 77.0 Å². The van der Waals surface area contributed by atoms with Crippen LogP contribution in [0.5, 0.6) is 5.75 Å². The van der Waals surface area contributed by atoms with Crippen molar-refractivity contribution in [3.8, 4) is 22.8 Å². The van der Waals surface area contributed by atoms with Crippen LogP contribution < -0.4 is 10.2 Å². The lowest BCUT2D eigenvalue weighted by Crippen LogP contribution is -2.21. The van der Waals surface area contributed by atoms with Crippen LogP contribution in [-0.2, 0) is 4.79 Å². The Balaban J connectivity index is 1.54. The molecule has 184 valence electrons. The van der Waals surface area contributed by atoms with Gasteiger partial charge < -0.3 is 4.74 Å². The first-order chi connectivity index (χ1) is 17.4. The highest BCUT2D eigenvalue weighted by Gasteiger charge is 2.17. The van der Waals surface area contributed by atoms with Gasteiger partial charge in [0.1, 0.15) is 5.75 Å². The molecule has 0 aliphatic carbocycles. The number of amides is 1. The summed E-state index contributed by atoms with van der Waals surface area (Å²) in [5.41, 5.74) is 6.75. The van der Waals surface area contributed by atoms with Crippen molar-refractivity contribution in [2.75, 3.05) is 12.9 Å². The summed E-state index contributed by atoms with van der Waals surface area (Å²) in [6.07, 6.45) is 0. The summed E-state index contributed by atoms with van der Waals surface area (Å²) < 4.78 is 7.21. The molecule has 0 bridgehead atoms. The van der Waals surface area contributed by atoms with Crippen molar-refractivity contribution in [2.24, 2.45) is 5.10 Å². The Morgan fingerprint density at radius 1 is 1.06 bits per heavy atom. The molecule has 1 aromatic heterocycles. The first-order valence-electron chi connectivity index (χ1n) is 10.9. The van der Waals surface area contributed by atoms with Crippen LogP contribution in [0, 0.1) is 6.92 Å². The number of carbonyl (C=O) groups is 1. The Morgan fingerprint density at radius 2 is 1.78 bits per heavy atom. The lowest BCUT2D eigenvalue weighted by atomic mass is 10.1. The molecule has 1 amide bonds. The molecule has 3 aromatic carbocycles. The molecule has 4 rings (SSSR count). The number of benzene rings is 3. The predicted octanol–water partition coefficient (Wildman–Crippen LogP) is 6.19. The molecule has 1 N–H and O–H groups in total. The molecule has 0 aliphatic heterocycles. The largest absolute Gasteiger partial charge is 0.497 e. The van der Waals surface area contributed by atoms with Gasteiger partial charge in [-0.2, -0.15) is 5.10 Å². The summed E-state index contributed by atoms with van der Waals surface area (Å²) in [4.78, 5) is 12.6. The number of aryl methyl sites for hydroxylation is 1. The number of halogens is 2. The minimum atomic E-state index is -0.286.